The van der Waals surface area contributed by atoms with Crippen LogP contribution in [0.5, 0.6) is 0 Å². The number of rotatable bonds is 2. The summed E-state index contributed by atoms with van der Waals surface area (Å²) in [5.41, 5.74) is -1.66. The molecule has 0 aliphatic carbocycles. The fourth-order valence-electron chi connectivity index (χ4n) is 1.88. The Kier molecular flexibility index (Phi) is 2.69. The zero-order valence-corrected chi connectivity index (χ0v) is 8.19. The molecule has 1 aromatic carbocycles. The first-order valence-corrected chi connectivity index (χ1v) is 4.93. The zero-order valence-electron chi connectivity index (χ0n) is 8.19. The average Bonchev–Trinajstić information content (AvgIpc) is 2.60. The van der Waals surface area contributed by atoms with Crippen molar-refractivity contribution < 1.29 is 13.2 Å². The molecule has 1 fully saturated rings. The van der Waals surface area contributed by atoms with Gasteiger partial charge in [0.25, 0.3) is 0 Å². The van der Waals surface area contributed by atoms with Crippen molar-refractivity contribution in [1.29, 1.82) is 0 Å². The van der Waals surface area contributed by atoms with Crippen molar-refractivity contribution in [3.05, 3.63) is 35.4 Å². The van der Waals surface area contributed by atoms with Crippen LogP contribution in [-0.2, 0) is 6.42 Å². The van der Waals surface area contributed by atoms with E-state index in [1.54, 1.807) is 0 Å². The van der Waals surface area contributed by atoms with Crippen molar-refractivity contribution in [1.82, 2.24) is 5.32 Å². The fourth-order valence-corrected chi connectivity index (χ4v) is 1.88. The number of nitrogens with one attached hydrogen (secondary N) is 1. The van der Waals surface area contributed by atoms with Gasteiger partial charge in [-0.1, -0.05) is 6.07 Å². The van der Waals surface area contributed by atoms with Gasteiger partial charge in [-0.2, -0.15) is 0 Å². The van der Waals surface area contributed by atoms with Gasteiger partial charge in [0, 0.05) is 18.5 Å². The molecule has 1 heterocycles. The van der Waals surface area contributed by atoms with E-state index in [0.717, 1.165) is 12.1 Å². The molecular weight excluding hydrogens is 203 g/mol. The van der Waals surface area contributed by atoms with Gasteiger partial charge in [-0.25, -0.2) is 13.2 Å². The second-order valence-electron chi connectivity index (χ2n) is 3.95. The summed E-state index contributed by atoms with van der Waals surface area (Å²) in [4.78, 5) is 0. The molecule has 0 aromatic heterocycles. The Balaban J connectivity index is 2.23. The summed E-state index contributed by atoms with van der Waals surface area (Å²) in [7, 11) is 0. The number of alkyl halides is 1. The van der Waals surface area contributed by atoms with Gasteiger partial charge in [0.15, 0.2) is 0 Å². The van der Waals surface area contributed by atoms with E-state index in [2.05, 4.69) is 5.32 Å². The molecule has 1 saturated heterocycles. The van der Waals surface area contributed by atoms with Crippen LogP contribution < -0.4 is 5.32 Å². The first-order valence-electron chi connectivity index (χ1n) is 4.93. The SMILES string of the molecule is Fc1cccc(F)c1CC1(F)CCNC1. The van der Waals surface area contributed by atoms with Gasteiger partial charge >= 0.3 is 0 Å². The smallest absolute Gasteiger partial charge is 0.129 e. The molecule has 0 spiro atoms. The maximum absolute atomic E-state index is 14.0. The van der Waals surface area contributed by atoms with Crippen LogP contribution in [0.2, 0.25) is 0 Å². The van der Waals surface area contributed by atoms with Crippen LogP contribution in [0.4, 0.5) is 13.2 Å². The Labute approximate surface area is 86.3 Å². The molecule has 1 aliphatic heterocycles. The molecule has 1 N–H and O–H groups in total. The van der Waals surface area contributed by atoms with Crippen LogP contribution in [-0.4, -0.2) is 18.8 Å². The van der Waals surface area contributed by atoms with Gasteiger partial charge in [0.2, 0.25) is 0 Å². The molecule has 2 rings (SSSR count). The van der Waals surface area contributed by atoms with Crippen molar-refractivity contribution in [3.63, 3.8) is 0 Å². The van der Waals surface area contributed by atoms with E-state index in [0.29, 0.717) is 13.0 Å². The van der Waals surface area contributed by atoms with E-state index in [-0.39, 0.29) is 18.5 Å². The fraction of sp³-hybridized carbons (Fsp3) is 0.455. The predicted octanol–water partition coefficient (Wildman–Crippen LogP) is 2.21. The van der Waals surface area contributed by atoms with Gasteiger partial charge in [-0.05, 0) is 25.1 Å². The number of hydrogen-bond donors (Lipinski definition) is 1. The van der Waals surface area contributed by atoms with E-state index in [1.807, 2.05) is 0 Å². The Bertz CT molecular complexity index is 339. The molecular formula is C11H12F3N. The molecule has 82 valence electrons. The normalized spacial score (nSPS) is 25.8. The van der Waals surface area contributed by atoms with E-state index in [9.17, 15) is 13.2 Å². The number of benzene rings is 1. The summed E-state index contributed by atoms with van der Waals surface area (Å²) >= 11 is 0. The van der Waals surface area contributed by atoms with Crippen LogP contribution in [0.15, 0.2) is 18.2 Å². The van der Waals surface area contributed by atoms with E-state index in [1.165, 1.54) is 6.07 Å². The molecule has 1 aliphatic rings. The lowest BCUT2D eigenvalue weighted by atomic mass is 9.95. The van der Waals surface area contributed by atoms with Gasteiger partial charge in [-0.15, -0.1) is 0 Å². The van der Waals surface area contributed by atoms with Crippen molar-refractivity contribution in [3.8, 4) is 0 Å². The lowest BCUT2D eigenvalue weighted by Crippen LogP contribution is -2.29. The Morgan fingerprint density at radius 1 is 1.27 bits per heavy atom. The highest BCUT2D eigenvalue weighted by Crippen LogP contribution is 2.27. The highest BCUT2D eigenvalue weighted by molar-refractivity contribution is 5.22. The van der Waals surface area contributed by atoms with E-state index < -0.39 is 17.3 Å². The summed E-state index contributed by atoms with van der Waals surface area (Å²) in [6, 6.07) is 3.60. The molecule has 0 bridgehead atoms. The van der Waals surface area contributed by atoms with Crippen LogP contribution in [0, 0.1) is 11.6 Å². The maximum Gasteiger partial charge on any atom is 0.129 e. The minimum atomic E-state index is -1.51. The Morgan fingerprint density at radius 2 is 1.93 bits per heavy atom. The highest BCUT2D eigenvalue weighted by Gasteiger charge is 2.35. The van der Waals surface area contributed by atoms with Gasteiger partial charge in [-0.3, -0.25) is 0 Å². The molecule has 15 heavy (non-hydrogen) atoms. The monoisotopic (exact) mass is 215 g/mol. The lowest BCUT2D eigenvalue weighted by Gasteiger charge is -2.18. The second kappa shape index (κ2) is 3.85. The summed E-state index contributed by atoms with van der Waals surface area (Å²) in [5, 5.41) is 2.85. The number of hydrogen-bond acceptors (Lipinski definition) is 1. The molecule has 0 amide bonds. The second-order valence-corrected chi connectivity index (χ2v) is 3.95. The Morgan fingerprint density at radius 3 is 2.47 bits per heavy atom. The molecule has 1 aromatic rings. The van der Waals surface area contributed by atoms with Crippen LogP contribution in [0.3, 0.4) is 0 Å². The van der Waals surface area contributed by atoms with Gasteiger partial charge in [0.1, 0.15) is 17.3 Å². The van der Waals surface area contributed by atoms with Gasteiger partial charge < -0.3 is 5.32 Å². The third-order valence-electron chi connectivity index (χ3n) is 2.75. The third-order valence-corrected chi connectivity index (χ3v) is 2.75. The molecule has 1 atom stereocenters. The molecule has 0 saturated carbocycles. The average molecular weight is 215 g/mol. The largest absolute Gasteiger partial charge is 0.313 e. The van der Waals surface area contributed by atoms with Crippen molar-refractivity contribution in [2.24, 2.45) is 0 Å². The summed E-state index contributed by atoms with van der Waals surface area (Å²) in [5.74, 6) is -1.34. The van der Waals surface area contributed by atoms with Crippen LogP contribution >= 0.6 is 0 Å². The van der Waals surface area contributed by atoms with Gasteiger partial charge in [0.05, 0.1) is 0 Å². The lowest BCUT2D eigenvalue weighted by molar-refractivity contribution is 0.186. The Hall–Kier alpha value is -1.03. The van der Waals surface area contributed by atoms with Crippen molar-refractivity contribution in [2.45, 2.75) is 18.5 Å². The first-order chi connectivity index (χ1) is 7.11. The summed E-state index contributed by atoms with van der Waals surface area (Å²) < 4.78 is 40.5. The quantitative estimate of drug-likeness (QED) is 0.797. The predicted molar refractivity (Wildman–Crippen MR) is 51.4 cm³/mol. The van der Waals surface area contributed by atoms with E-state index in [4.69, 9.17) is 0 Å². The van der Waals surface area contributed by atoms with Crippen molar-refractivity contribution in [2.75, 3.05) is 13.1 Å². The van der Waals surface area contributed by atoms with Crippen LogP contribution in [0.1, 0.15) is 12.0 Å². The number of halogens is 3. The third kappa shape index (κ3) is 2.15. The standard InChI is InChI=1S/C11H12F3N/c12-9-2-1-3-10(13)8(9)6-11(14)4-5-15-7-11/h1-3,15H,4-7H2. The summed E-state index contributed by atoms with van der Waals surface area (Å²) in [6.45, 7) is 0.730. The molecule has 1 nitrogen and oxygen atoms in total. The topological polar surface area (TPSA) is 12.0 Å². The minimum absolute atomic E-state index is 0.149. The van der Waals surface area contributed by atoms with Crippen molar-refractivity contribution >= 4 is 0 Å². The molecule has 0 radical (unpaired) electrons. The van der Waals surface area contributed by atoms with E-state index >= 15 is 0 Å². The van der Waals surface area contributed by atoms with Crippen LogP contribution in [0.25, 0.3) is 0 Å². The molecule has 1 unspecified atom stereocenters. The minimum Gasteiger partial charge on any atom is -0.313 e. The molecule has 4 heteroatoms. The first kappa shape index (κ1) is 10.5. The zero-order chi connectivity index (χ0) is 10.9. The maximum atomic E-state index is 14.0. The summed E-state index contributed by atoms with van der Waals surface area (Å²) in [6.07, 6.45) is 0.110. The highest BCUT2D eigenvalue weighted by atomic mass is 19.1.